The van der Waals surface area contributed by atoms with E-state index >= 15 is 0 Å². The van der Waals surface area contributed by atoms with Gasteiger partial charge in [-0.2, -0.15) is 10.4 Å². The first kappa shape index (κ1) is 37.1. The molecule has 17 heteroatoms. The normalized spacial score (nSPS) is 21.2. The lowest BCUT2D eigenvalue weighted by molar-refractivity contribution is -0.136. The zero-order valence-corrected chi connectivity index (χ0v) is 32.4. The molecule has 1 aliphatic carbocycles. The Balaban J connectivity index is 0.772. The molecule has 1 saturated carbocycles. The molecule has 1 aromatic carbocycles. The van der Waals surface area contributed by atoms with E-state index in [0.717, 1.165) is 74.4 Å². The summed E-state index contributed by atoms with van der Waals surface area (Å²) in [4.78, 5) is 71.7. The van der Waals surface area contributed by atoms with E-state index < -0.39 is 29.7 Å². The van der Waals surface area contributed by atoms with Crippen LogP contribution in [-0.4, -0.2) is 91.5 Å². The number of carbonyl (C=O) groups is 5. The van der Waals surface area contributed by atoms with Crippen molar-refractivity contribution in [2.75, 3.05) is 30.4 Å². The maximum atomic E-state index is 13.4. The lowest BCUT2D eigenvalue weighted by Gasteiger charge is -2.34. The van der Waals surface area contributed by atoms with Crippen molar-refractivity contribution in [2.45, 2.75) is 69.4 Å². The zero-order chi connectivity index (χ0) is 40.1. The molecule has 0 spiro atoms. The molecule has 7 heterocycles. The number of hydrogen-bond donors (Lipinski definition) is 3. The molecular weight excluding hydrogens is 759 g/mol. The Morgan fingerprint density at radius 2 is 1.69 bits per heavy atom. The predicted molar refractivity (Wildman–Crippen MR) is 213 cm³/mol. The number of aromatic nitrogens is 5. The summed E-state index contributed by atoms with van der Waals surface area (Å²) in [7, 11) is 1.86. The van der Waals surface area contributed by atoms with Crippen LogP contribution in [0.3, 0.4) is 0 Å². The van der Waals surface area contributed by atoms with Crippen molar-refractivity contribution in [1.82, 2.24) is 40.3 Å². The minimum absolute atomic E-state index is 0.0682. The van der Waals surface area contributed by atoms with Crippen molar-refractivity contribution in [3.05, 3.63) is 76.6 Å². The van der Waals surface area contributed by atoms with Crippen LogP contribution >= 0.6 is 11.3 Å². The van der Waals surface area contributed by atoms with Gasteiger partial charge in [-0.3, -0.25) is 39.2 Å². The minimum atomic E-state index is -1.01. The van der Waals surface area contributed by atoms with Crippen molar-refractivity contribution >= 4 is 57.8 Å². The summed E-state index contributed by atoms with van der Waals surface area (Å²) >= 11 is 1.57. The maximum Gasteiger partial charge on any atom is 0.262 e. The Bertz CT molecular complexity index is 2540. The summed E-state index contributed by atoms with van der Waals surface area (Å²) in [5.41, 5.74) is 5.87. The molecule has 5 aromatic rings. The average molecular weight is 798 g/mol. The molecule has 0 radical (unpaired) electrons. The molecule has 3 fully saturated rings. The fourth-order valence-corrected chi connectivity index (χ4v) is 9.63. The Morgan fingerprint density at radius 1 is 0.897 bits per heavy atom. The number of hydrogen-bond acceptors (Lipinski definition) is 13. The van der Waals surface area contributed by atoms with Crippen molar-refractivity contribution in [3.8, 4) is 28.0 Å². The molecule has 3 N–H and O–H groups in total. The summed E-state index contributed by atoms with van der Waals surface area (Å²) in [6.45, 7) is 1.25. The topological polar surface area (TPSA) is 208 Å². The summed E-state index contributed by atoms with van der Waals surface area (Å²) < 4.78 is 1.77. The molecular formula is C41H39N11O5S. The van der Waals surface area contributed by atoms with Crippen LogP contribution in [-0.2, 0) is 14.4 Å². The molecule has 5 amide bonds. The molecule has 4 aromatic heterocycles. The molecule has 16 nitrogen and oxygen atoms in total. The molecule has 2 saturated heterocycles. The SMILES string of the molecule is CNc1cc(-c2ccc3cc(C#N)cnn23)ncc1-c1nnc([C@H]2CC[C@H](NC(=O)C3CCN(c4ccc5c(c4)C(=O)N(C4CCC(=O)NC4=O)C5=O)CC3)CC2)s1. The van der Waals surface area contributed by atoms with Gasteiger partial charge in [-0.1, -0.05) is 11.3 Å². The van der Waals surface area contributed by atoms with Crippen LogP contribution in [0.4, 0.5) is 11.4 Å². The van der Waals surface area contributed by atoms with Crippen LogP contribution in [0.5, 0.6) is 0 Å². The van der Waals surface area contributed by atoms with Gasteiger partial charge in [0.15, 0.2) is 5.01 Å². The van der Waals surface area contributed by atoms with E-state index in [1.54, 1.807) is 40.2 Å². The van der Waals surface area contributed by atoms with E-state index in [1.807, 2.05) is 31.3 Å². The van der Waals surface area contributed by atoms with E-state index in [4.69, 9.17) is 4.98 Å². The lowest BCUT2D eigenvalue weighted by Crippen LogP contribution is -2.54. The van der Waals surface area contributed by atoms with Crippen LogP contribution in [0, 0.1) is 17.2 Å². The third kappa shape index (κ3) is 6.72. The number of piperidine rings is 2. The van der Waals surface area contributed by atoms with Gasteiger partial charge in [0.25, 0.3) is 11.8 Å². The quantitative estimate of drug-likeness (QED) is 0.188. The number of carbonyl (C=O) groups excluding carboxylic acids is 5. The van der Waals surface area contributed by atoms with Crippen LogP contribution in [0.1, 0.15) is 88.6 Å². The molecule has 0 bridgehead atoms. The van der Waals surface area contributed by atoms with Gasteiger partial charge in [-0.25, -0.2) is 4.52 Å². The van der Waals surface area contributed by atoms with Gasteiger partial charge in [0.2, 0.25) is 17.7 Å². The molecule has 1 atom stereocenters. The van der Waals surface area contributed by atoms with E-state index in [1.165, 1.54) is 6.20 Å². The van der Waals surface area contributed by atoms with Crippen LogP contribution in [0.15, 0.2) is 54.9 Å². The molecule has 3 aliphatic heterocycles. The molecule has 1 unspecified atom stereocenters. The van der Waals surface area contributed by atoms with Crippen LogP contribution < -0.4 is 20.9 Å². The van der Waals surface area contributed by atoms with E-state index in [9.17, 15) is 29.2 Å². The number of amides is 5. The highest BCUT2D eigenvalue weighted by molar-refractivity contribution is 7.14. The fraction of sp³-hybridized carbons (Fsp3) is 0.366. The van der Waals surface area contributed by atoms with Crippen molar-refractivity contribution in [1.29, 1.82) is 5.26 Å². The smallest absolute Gasteiger partial charge is 0.262 e. The van der Waals surface area contributed by atoms with Crippen molar-refractivity contribution < 1.29 is 24.0 Å². The number of fused-ring (bicyclic) bond motifs is 2. The fourth-order valence-electron chi connectivity index (χ4n) is 8.59. The minimum Gasteiger partial charge on any atom is -0.387 e. The Kier molecular flexibility index (Phi) is 9.64. The van der Waals surface area contributed by atoms with Gasteiger partial charge in [0, 0.05) is 62.0 Å². The highest BCUT2D eigenvalue weighted by Crippen LogP contribution is 2.39. The Morgan fingerprint density at radius 3 is 2.45 bits per heavy atom. The molecule has 58 heavy (non-hydrogen) atoms. The highest BCUT2D eigenvalue weighted by Gasteiger charge is 2.45. The van der Waals surface area contributed by atoms with E-state index in [-0.39, 0.29) is 47.8 Å². The highest BCUT2D eigenvalue weighted by atomic mass is 32.1. The lowest BCUT2D eigenvalue weighted by atomic mass is 9.86. The van der Waals surface area contributed by atoms with Gasteiger partial charge in [0.1, 0.15) is 17.1 Å². The second kappa shape index (κ2) is 15.1. The average Bonchev–Trinajstić information content (AvgIpc) is 3.97. The van der Waals surface area contributed by atoms with Crippen LogP contribution in [0.25, 0.3) is 27.5 Å². The number of nitrogens with zero attached hydrogens (tertiary/aromatic N) is 8. The van der Waals surface area contributed by atoms with Gasteiger partial charge in [-0.15, -0.1) is 10.2 Å². The predicted octanol–water partition coefficient (Wildman–Crippen LogP) is 4.29. The largest absolute Gasteiger partial charge is 0.387 e. The zero-order valence-electron chi connectivity index (χ0n) is 31.6. The summed E-state index contributed by atoms with van der Waals surface area (Å²) in [5.74, 6) is -1.89. The first-order valence-electron chi connectivity index (χ1n) is 19.5. The third-order valence-electron chi connectivity index (χ3n) is 11.8. The number of rotatable bonds is 8. The molecule has 294 valence electrons. The number of imide groups is 2. The van der Waals surface area contributed by atoms with Crippen molar-refractivity contribution in [2.24, 2.45) is 5.92 Å². The monoisotopic (exact) mass is 797 g/mol. The molecule has 9 rings (SSSR count). The second-order valence-electron chi connectivity index (χ2n) is 15.2. The van der Waals surface area contributed by atoms with Gasteiger partial charge in [0.05, 0.1) is 45.4 Å². The number of nitriles is 1. The first-order chi connectivity index (χ1) is 28.2. The Hall–Kier alpha value is -6.54. The number of anilines is 2. The van der Waals surface area contributed by atoms with E-state index in [0.29, 0.717) is 31.5 Å². The van der Waals surface area contributed by atoms with Gasteiger partial charge >= 0.3 is 0 Å². The summed E-state index contributed by atoms with van der Waals surface area (Å²) in [6, 6.07) is 14.0. The first-order valence-corrected chi connectivity index (χ1v) is 20.3. The number of nitrogens with one attached hydrogen (secondary N) is 3. The summed E-state index contributed by atoms with van der Waals surface area (Å²) in [6.07, 6.45) is 8.35. The maximum absolute atomic E-state index is 13.4. The van der Waals surface area contributed by atoms with E-state index in [2.05, 4.69) is 42.2 Å². The van der Waals surface area contributed by atoms with Gasteiger partial charge < -0.3 is 15.5 Å². The number of pyridine rings is 1. The molecule has 4 aliphatic rings. The van der Waals surface area contributed by atoms with Crippen molar-refractivity contribution in [3.63, 3.8) is 0 Å². The Labute approximate surface area is 336 Å². The van der Waals surface area contributed by atoms with Gasteiger partial charge in [-0.05, 0) is 87.4 Å². The third-order valence-corrected chi connectivity index (χ3v) is 12.9. The number of benzene rings is 1. The summed E-state index contributed by atoms with van der Waals surface area (Å²) in [5, 5.41) is 33.4. The van der Waals surface area contributed by atoms with Crippen LogP contribution in [0.2, 0.25) is 0 Å². The standard InChI is InChI=1S/C41H39N11O5S/c1-43-31-18-32(33-9-7-27-16-22(19-42)20-45-52(27)33)44-21-30(31)39-49-48-38(58-39)24-2-4-25(5-3-24)46-36(54)23-12-14-50(15-13-23)26-6-8-28-29(17-26)41(57)51(40(28)56)34-10-11-35(53)47-37(34)55/h6-9,16-18,20-21,23-25,34H,2-5,10-15H2,1H3,(H,43,44)(H,46,54)(H,47,53,55)/t24-,25-,34?. The second-order valence-corrected chi connectivity index (χ2v) is 16.2.